The van der Waals surface area contributed by atoms with E-state index in [0.717, 1.165) is 18.4 Å². The molecule has 1 aromatic rings. The number of hydrogen-bond donors (Lipinski definition) is 2. The molecule has 0 unspecified atom stereocenters. The first-order chi connectivity index (χ1) is 8.27. The van der Waals surface area contributed by atoms with Crippen molar-refractivity contribution in [3.63, 3.8) is 0 Å². The molecule has 2 rings (SSSR count). The number of nitrogen functional groups attached to an aromatic ring is 1. The third-order valence-electron chi connectivity index (χ3n) is 3.17. The van der Waals surface area contributed by atoms with Crippen LogP contribution in [0.1, 0.15) is 43.4 Å². The van der Waals surface area contributed by atoms with E-state index in [1.165, 1.54) is 19.3 Å². The van der Waals surface area contributed by atoms with Gasteiger partial charge in [0, 0.05) is 11.8 Å². The molecular weight excluding hydrogens is 214 g/mol. The summed E-state index contributed by atoms with van der Waals surface area (Å²) in [5.41, 5.74) is 6.94. The van der Waals surface area contributed by atoms with Gasteiger partial charge in [-0.3, -0.25) is 10.4 Å². The van der Waals surface area contributed by atoms with Crippen LogP contribution in [0.15, 0.2) is 18.3 Å². The quantitative estimate of drug-likeness (QED) is 0.618. The topological polar surface area (TPSA) is 72.0 Å². The molecule has 0 bridgehead atoms. The largest absolute Gasteiger partial charge is 0.382 e. The van der Waals surface area contributed by atoms with E-state index >= 15 is 0 Å². The normalized spacial score (nSPS) is 16.9. The van der Waals surface area contributed by atoms with E-state index in [1.807, 2.05) is 12.1 Å². The Bertz CT molecular complexity index is 386. The lowest BCUT2D eigenvalue weighted by Crippen LogP contribution is -2.19. The van der Waals surface area contributed by atoms with Crippen LogP contribution in [0.4, 0.5) is 0 Å². The van der Waals surface area contributed by atoms with Crippen molar-refractivity contribution in [1.82, 2.24) is 4.98 Å². The van der Waals surface area contributed by atoms with Gasteiger partial charge in [-0.2, -0.15) is 0 Å². The van der Waals surface area contributed by atoms with Crippen molar-refractivity contribution >= 4 is 5.84 Å². The monoisotopic (exact) mass is 233 g/mol. The Balaban J connectivity index is 1.96. The molecule has 0 aromatic carbocycles. The van der Waals surface area contributed by atoms with Gasteiger partial charge in [-0.05, 0) is 18.9 Å². The molecule has 92 valence electrons. The number of pyridine rings is 1. The molecule has 4 heteroatoms. The first-order valence-electron chi connectivity index (χ1n) is 6.17. The van der Waals surface area contributed by atoms with Gasteiger partial charge in [0.25, 0.3) is 0 Å². The summed E-state index contributed by atoms with van der Waals surface area (Å²) >= 11 is 0. The number of nitrogens with two attached hydrogens (primary N) is 1. The molecule has 0 saturated heterocycles. The van der Waals surface area contributed by atoms with E-state index in [0.29, 0.717) is 18.4 Å². The van der Waals surface area contributed by atoms with Crippen LogP contribution in [-0.4, -0.2) is 16.9 Å². The Morgan fingerprint density at radius 2 is 2.18 bits per heavy atom. The Morgan fingerprint density at radius 1 is 1.41 bits per heavy atom. The number of nitrogens with one attached hydrogen (secondary N) is 1. The van der Waals surface area contributed by atoms with Crippen LogP contribution in [0.3, 0.4) is 0 Å². The average molecular weight is 233 g/mol. The molecule has 1 aliphatic rings. The van der Waals surface area contributed by atoms with E-state index in [1.54, 1.807) is 6.20 Å². The zero-order chi connectivity index (χ0) is 12.1. The number of amidine groups is 1. The highest BCUT2D eigenvalue weighted by Crippen LogP contribution is 2.21. The molecule has 1 fully saturated rings. The standard InChI is InChI=1S/C13H19N3O/c14-13(15)12-10(5-4-8-16-12)9-17-11-6-2-1-3-7-11/h4-5,8,11H,1-3,6-7,9H2,(H3,14,15). The molecule has 1 aromatic heterocycles. The summed E-state index contributed by atoms with van der Waals surface area (Å²) in [6, 6.07) is 3.78. The number of aromatic nitrogens is 1. The molecule has 1 heterocycles. The van der Waals surface area contributed by atoms with Crippen molar-refractivity contribution in [2.24, 2.45) is 5.73 Å². The summed E-state index contributed by atoms with van der Waals surface area (Å²) in [4.78, 5) is 4.11. The highest BCUT2D eigenvalue weighted by atomic mass is 16.5. The molecule has 4 nitrogen and oxygen atoms in total. The van der Waals surface area contributed by atoms with Gasteiger partial charge in [0.2, 0.25) is 0 Å². The molecule has 0 atom stereocenters. The average Bonchev–Trinajstić information content (AvgIpc) is 2.38. The van der Waals surface area contributed by atoms with Crippen molar-refractivity contribution in [2.75, 3.05) is 0 Å². The van der Waals surface area contributed by atoms with Gasteiger partial charge in [0.15, 0.2) is 0 Å². The van der Waals surface area contributed by atoms with E-state index in [9.17, 15) is 0 Å². The van der Waals surface area contributed by atoms with Crippen LogP contribution in [0.5, 0.6) is 0 Å². The summed E-state index contributed by atoms with van der Waals surface area (Å²) in [6.07, 6.45) is 8.16. The third-order valence-corrected chi connectivity index (χ3v) is 3.17. The Kier molecular flexibility index (Phi) is 4.09. The van der Waals surface area contributed by atoms with Crippen LogP contribution in [0.2, 0.25) is 0 Å². The first-order valence-corrected chi connectivity index (χ1v) is 6.17. The third kappa shape index (κ3) is 3.27. The van der Waals surface area contributed by atoms with E-state index in [4.69, 9.17) is 15.9 Å². The Labute approximate surface area is 102 Å². The molecule has 3 N–H and O–H groups in total. The zero-order valence-corrected chi connectivity index (χ0v) is 9.98. The van der Waals surface area contributed by atoms with Crippen molar-refractivity contribution in [3.8, 4) is 0 Å². The van der Waals surface area contributed by atoms with E-state index < -0.39 is 0 Å². The van der Waals surface area contributed by atoms with E-state index in [-0.39, 0.29) is 5.84 Å². The maximum Gasteiger partial charge on any atom is 0.142 e. The second kappa shape index (κ2) is 5.77. The van der Waals surface area contributed by atoms with E-state index in [2.05, 4.69) is 4.98 Å². The summed E-state index contributed by atoms with van der Waals surface area (Å²) < 4.78 is 5.87. The minimum absolute atomic E-state index is 0.00726. The molecule has 0 amide bonds. The van der Waals surface area contributed by atoms with Crippen LogP contribution in [0.25, 0.3) is 0 Å². The molecule has 17 heavy (non-hydrogen) atoms. The van der Waals surface area contributed by atoms with Crippen LogP contribution in [0, 0.1) is 5.41 Å². The molecule has 1 aliphatic carbocycles. The van der Waals surface area contributed by atoms with Gasteiger partial charge in [0.1, 0.15) is 11.5 Å². The first kappa shape index (κ1) is 12.0. The number of rotatable bonds is 4. The van der Waals surface area contributed by atoms with Gasteiger partial charge in [-0.25, -0.2) is 0 Å². The summed E-state index contributed by atoms with van der Waals surface area (Å²) in [7, 11) is 0. The predicted molar refractivity (Wildman–Crippen MR) is 66.9 cm³/mol. The predicted octanol–water partition coefficient (Wildman–Crippen LogP) is 2.21. The lowest BCUT2D eigenvalue weighted by molar-refractivity contribution is 0.0167. The summed E-state index contributed by atoms with van der Waals surface area (Å²) in [5.74, 6) is 0.00726. The fraction of sp³-hybridized carbons (Fsp3) is 0.538. The minimum atomic E-state index is 0.00726. The van der Waals surface area contributed by atoms with Crippen molar-refractivity contribution in [3.05, 3.63) is 29.6 Å². The zero-order valence-electron chi connectivity index (χ0n) is 9.98. The maximum absolute atomic E-state index is 7.46. The van der Waals surface area contributed by atoms with Crippen molar-refractivity contribution < 1.29 is 4.74 Å². The smallest absolute Gasteiger partial charge is 0.142 e. The Hall–Kier alpha value is -1.42. The number of ether oxygens (including phenoxy) is 1. The summed E-state index contributed by atoms with van der Waals surface area (Å²) in [5, 5.41) is 7.46. The lowest BCUT2D eigenvalue weighted by atomic mass is 9.98. The van der Waals surface area contributed by atoms with Crippen LogP contribution < -0.4 is 5.73 Å². The highest BCUT2D eigenvalue weighted by molar-refractivity contribution is 5.94. The van der Waals surface area contributed by atoms with Crippen LogP contribution in [-0.2, 0) is 11.3 Å². The molecule has 0 spiro atoms. The Morgan fingerprint density at radius 3 is 2.88 bits per heavy atom. The SMILES string of the molecule is N=C(N)c1ncccc1COC1CCCCC1. The molecule has 1 saturated carbocycles. The molecule has 0 radical (unpaired) electrons. The van der Waals surface area contributed by atoms with Gasteiger partial charge in [0.05, 0.1) is 12.7 Å². The van der Waals surface area contributed by atoms with Gasteiger partial charge in [-0.1, -0.05) is 25.3 Å². The van der Waals surface area contributed by atoms with Gasteiger partial charge in [-0.15, -0.1) is 0 Å². The number of nitrogens with zero attached hydrogens (tertiary/aromatic N) is 1. The molecule has 0 aliphatic heterocycles. The second-order valence-electron chi connectivity index (χ2n) is 4.50. The fourth-order valence-electron chi connectivity index (χ4n) is 2.24. The maximum atomic E-state index is 7.46. The minimum Gasteiger partial charge on any atom is -0.382 e. The van der Waals surface area contributed by atoms with Gasteiger partial charge >= 0.3 is 0 Å². The summed E-state index contributed by atoms with van der Waals surface area (Å²) in [6.45, 7) is 0.507. The molecular formula is C13H19N3O. The fourth-order valence-corrected chi connectivity index (χ4v) is 2.24. The number of hydrogen-bond acceptors (Lipinski definition) is 3. The van der Waals surface area contributed by atoms with Crippen molar-refractivity contribution in [1.29, 1.82) is 5.41 Å². The van der Waals surface area contributed by atoms with Crippen molar-refractivity contribution in [2.45, 2.75) is 44.8 Å². The highest BCUT2D eigenvalue weighted by Gasteiger charge is 2.15. The second-order valence-corrected chi connectivity index (χ2v) is 4.50. The van der Waals surface area contributed by atoms with Gasteiger partial charge < -0.3 is 10.5 Å². The lowest BCUT2D eigenvalue weighted by Gasteiger charge is -2.22. The van der Waals surface area contributed by atoms with Crippen LogP contribution >= 0.6 is 0 Å².